The van der Waals surface area contributed by atoms with Gasteiger partial charge in [-0.1, -0.05) is 6.07 Å². The van der Waals surface area contributed by atoms with Crippen molar-refractivity contribution < 1.29 is 45.1 Å². The molecule has 182 valence electrons. The summed E-state index contributed by atoms with van der Waals surface area (Å²) < 4.78 is 79.7. The van der Waals surface area contributed by atoms with E-state index in [0.717, 1.165) is 20.0 Å². The molecule has 0 amide bonds. The Hall–Kier alpha value is -2.78. The number of carbonyl (C=O) groups excluding carboxylic acids is 1. The van der Waals surface area contributed by atoms with E-state index >= 15 is 0 Å². The summed E-state index contributed by atoms with van der Waals surface area (Å²) in [6, 6.07) is 7.28. The summed E-state index contributed by atoms with van der Waals surface area (Å²) in [6.07, 6.45) is 1.86. The minimum absolute atomic E-state index is 0.0786. The fourth-order valence-electron chi connectivity index (χ4n) is 3.54. The SMILES string of the molecule is COC(=O)C1=C(S(=O)(=O)[O-])CCC(C#N)(c2ccc(OC)c(OCC3CC3)c2)C1.FC(F)F. The summed E-state index contributed by atoms with van der Waals surface area (Å²) in [7, 11) is -2.21. The summed E-state index contributed by atoms with van der Waals surface area (Å²) >= 11 is 0. The molecular formula is C21H23F3NO7S-. The second-order valence-corrected chi connectivity index (χ2v) is 8.99. The van der Waals surface area contributed by atoms with Crippen LogP contribution in [0.3, 0.4) is 0 Å². The van der Waals surface area contributed by atoms with Gasteiger partial charge in [0.25, 0.3) is 0 Å². The number of hydrogen-bond donors (Lipinski definition) is 0. The van der Waals surface area contributed by atoms with Crippen LogP contribution < -0.4 is 9.47 Å². The van der Waals surface area contributed by atoms with Crippen LogP contribution in [-0.4, -0.2) is 46.4 Å². The zero-order chi connectivity index (χ0) is 24.8. The number of allylic oxidation sites excluding steroid dienone is 1. The number of carbonyl (C=O) groups is 1. The first-order chi connectivity index (χ1) is 15.5. The number of rotatable bonds is 7. The number of methoxy groups -OCH3 is 2. The Morgan fingerprint density at radius 3 is 2.39 bits per heavy atom. The van der Waals surface area contributed by atoms with Crippen LogP contribution in [0, 0.1) is 17.2 Å². The number of halogens is 3. The van der Waals surface area contributed by atoms with Gasteiger partial charge >= 0.3 is 12.6 Å². The largest absolute Gasteiger partial charge is 0.744 e. The minimum atomic E-state index is -4.83. The van der Waals surface area contributed by atoms with Crippen molar-refractivity contribution in [3.8, 4) is 17.6 Å². The molecule has 8 nitrogen and oxygen atoms in total. The maximum atomic E-state index is 12.2. The lowest BCUT2D eigenvalue weighted by molar-refractivity contribution is -0.136. The second kappa shape index (κ2) is 10.9. The summed E-state index contributed by atoms with van der Waals surface area (Å²) in [4.78, 5) is 11.7. The monoisotopic (exact) mass is 490 g/mol. The molecule has 0 bridgehead atoms. The molecule has 0 radical (unpaired) electrons. The second-order valence-electron chi connectivity index (χ2n) is 7.59. The molecule has 0 aliphatic heterocycles. The number of alkyl halides is 3. The van der Waals surface area contributed by atoms with E-state index in [1.807, 2.05) is 0 Å². The molecule has 0 aromatic heterocycles. The molecule has 0 heterocycles. The van der Waals surface area contributed by atoms with Crippen molar-refractivity contribution in [2.75, 3.05) is 20.8 Å². The first kappa shape index (κ1) is 26.5. The molecule has 1 atom stereocenters. The van der Waals surface area contributed by atoms with Crippen molar-refractivity contribution in [2.24, 2.45) is 5.92 Å². The number of nitriles is 1. The molecule has 0 saturated heterocycles. The first-order valence-electron chi connectivity index (χ1n) is 9.88. The molecule has 1 unspecified atom stereocenters. The summed E-state index contributed by atoms with van der Waals surface area (Å²) in [5, 5.41) is 9.98. The van der Waals surface area contributed by atoms with Gasteiger partial charge in [0, 0.05) is 11.3 Å². The molecular weight excluding hydrogens is 467 g/mol. The Bertz CT molecular complexity index is 1050. The molecule has 1 aromatic carbocycles. The maximum Gasteiger partial charge on any atom is 0.379 e. The molecule has 1 aromatic rings. The van der Waals surface area contributed by atoms with Gasteiger partial charge in [-0.05, 0) is 49.3 Å². The normalized spacial score (nSPS) is 20.4. The van der Waals surface area contributed by atoms with E-state index in [-0.39, 0.29) is 24.8 Å². The predicted octanol–water partition coefficient (Wildman–Crippen LogP) is 3.58. The molecule has 33 heavy (non-hydrogen) atoms. The van der Waals surface area contributed by atoms with E-state index in [1.54, 1.807) is 18.2 Å². The van der Waals surface area contributed by atoms with Gasteiger partial charge in [0.2, 0.25) is 0 Å². The van der Waals surface area contributed by atoms with Crippen molar-refractivity contribution >= 4 is 16.1 Å². The summed E-state index contributed by atoms with van der Waals surface area (Å²) in [5.74, 6) is 0.598. The molecule has 3 rings (SSSR count). The summed E-state index contributed by atoms with van der Waals surface area (Å²) in [6.45, 7) is -3.12. The maximum absolute atomic E-state index is 12.2. The molecule has 1 fully saturated rings. The van der Waals surface area contributed by atoms with Crippen LogP contribution in [0.4, 0.5) is 13.2 Å². The Morgan fingerprint density at radius 1 is 1.27 bits per heavy atom. The first-order valence-corrected chi connectivity index (χ1v) is 11.3. The van der Waals surface area contributed by atoms with Gasteiger partial charge in [-0.3, -0.25) is 0 Å². The van der Waals surface area contributed by atoms with Crippen molar-refractivity contribution in [2.45, 2.75) is 44.2 Å². The van der Waals surface area contributed by atoms with Gasteiger partial charge in [0.1, 0.15) is 10.1 Å². The molecule has 2 aliphatic rings. The van der Waals surface area contributed by atoms with Gasteiger partial charge in [-0.25, -0.2) is 13.2 Å². The highest BCUT2D eigenvalue weighted by atomic mass is 32.2. The third-order valence-electron chi connectivity index (χ3n) is 5.43. The number of benzene rings is 1. The van der Waals surface area contributed by atoms with Crippen LogP contribution in [0.25, 0.3) is 0 Å². The molecule has 0 N–H and O–H groups in total. The number of nitrogens with zero attached hydrogens (tertiary/aromatic N) is 1. The molecule has 1 saturated carbocycles. The van der Waals surface area contributed by atoms with Crippen LogP contribution in [0.5, 0.6) is 11.5 Å². The zero-order valence-corrected chi connectivity index (χ0v) is 18.8. The Balaban J connectivity index is 0.000000890. The van der Waals surface area contributed by atoms with Crippen LogP contribution >= 0.6 is 0 Å². The summed E-state index contributed by atoms with van der Waals surface area (Å²) in [5.41, 5.74) is -0.899. The van der Waals surface area contributed by atoms with E-state index in [9.17, 15) is 36.2 Å². The Morgan fingerprint density at radius 2 is 1.91 bits per heavy atom. The average Bonchev–Trinajstić information content (AvgIpc) is 3.60. The number of ether oxygens (including phenoxy) is 3. The van der Waals surface area contributed by atoms with Crippen molar-refractivity contribution in [3.63, 3.8) is 0 Å². The van der Waals surface area contributed by atoms with Crippen LogP contribution in [-0.2, 0) is 25.1 Å². The molecule has 0 spiro atoms. The quantitative estimate of drug-likeness (QED) is 0.419. The molecule has 2 aliphatic carbocycles. The Kier molecular flexibility index (Phi) is 8.74. The van der Waals surface area contributed by atoms with Crippen molar-refractivity contribution in [3.05, 3.63) is 34.2 Å². The van der Waals surface area contributed by atoms with Gasteiger partial charge in [-0.15, -0.1) is 0 Å². The number of hydrogen-bond acceptors (Lipinski definition) is 8. The lowest BCUT2D eigenvalue weighted by atomic mass is 9.70. The lowest BCUT2D eigenvalue weighted by Crippen LogP contribution is -2.32. The van der Waals surface area contributed by atoms with Crippen molar-refractivity contribution in [1.82, 2.24) is 0 Å². The Labute approximate surface area is 189 Å². The van der Waals surface area contributed by atoms with E-state index in [0.29, 0.717) is 29.6 Å². The van der Waals surface area contributed by atoms with E-state index < -0.39 is 33.1 Å². The van der Waals surface area contributed by atoms with Crippen LogP contribution in [0.2, 0.25) is 0 Å². The van der Waals surface area contributed by atoms with Gasteiger partial charge in [0.15, 0.2) is 11.5 Å². The van der Waals surface area contributed by atoms with Gasteiger partial charge in [0.05, 0.1) is 37.9 Å². The third-order valence-corrected chi connectivity index (χ3v) is 6.48. The molecule has 12 heteroatoms. The van der Waals surface area contributed by atoms with E-state index in [4.69, 9.17) is 9.47 Å². The fraction of sp³-hybridized carbons (Fsp3) is 0.524. The zero-order valence-electron chi connectivity index (χ0n) is 18.0. The van der Waals surface area contributed by atoms with E-state index in [2.05, 4.69) is 10.8 Å². The van der Waals surface area contributed by atoms with Gasteiger partial charge in [-0.2, -0.15) is 18.4 Å². The van der Waals surface area contributed by atoms with E-state index in [1.165, 1.54) is 7.11 Å². The standard InChI is InChI=1S/C20H23NO7S.CHF3/c1-26-16-6-5-14(9-17(16)28-11-13-3-4-13)20(12-21)8-7-18(29(23,24)25)15(10-20)19(22)27-2;2-1(3)4/h5-6,9,13H,3-4,7-8,10-11H2,1-2H3,(H,23,24,25);1H/p-1. The lowest BCUT2D eigenvalue weighted by Gasteiger charge is -2.34. The number of esters is 1. The van der Waals surface area contributed by atoms with Crippen LogP contribution in [0.1, 0.15) is 37.7 Å². The highest BCUT2D eigenvalue weighted by molar-refractivity contribution is 7.89. The van der Waals surface area contributed by atoms with Crippen LogP contribution in [0.15, 0.2) is 28.7 Å². The van der Waals surface area contributed by atoms with Gasteiger partial charge < -0.3 is 18.8 Å². The van der Waals surface area contributed by atoms with Crippen molar-refractivity contribution in [1.29, 1.82) is 5.26 Å². The predicted molar refractivity (Wildman–Crippen MR) is 108 cm³/mol. The third kappa shape index (κ3) is 6.85. The fourth-order valence-corrected chi connectivity index (χ4v) is 4.35. The topological polar surface area (TPSA) is 126 Å². The average molecular weight is 490 g/mol. The smallest absolute Gasteiger partial charge is 0.379 e. The minimum Gasteiger partial charge on any atom is -0.744 e. The highest BCUT2D eigenvalue weighted by Gasteiger charge is 2.42. The highest BCUT2D eigenvalue weighted by Crippen LogP contribution is 2.45.